The molecule has 6 heteroatoms. The van der Waals surface area contributed by atoms with Gasteiger partial charge in [0.25, 0.3) is 0 Å². The molecule has 1 rings (SSSR count). The third-order valence-corrected chi connectivity index (χ3v) is 2.74. The normalized spacial score (nSPS) is 15.5. The predicted molar refractivity (Wildman–Crippen MR) is 65.7 cm³/mol. The summed E-state index contributed by atoms with van der Waals surface area (Å²) in [7, 11) is 0. The minimum Gasteiger partial charge on any atom is -0.264 e. The summed E-state index contributed by atoms with van der Waals surface area (Å²) in [6, 6.07) is 8.52. The van der Waals surface area contributed by atoms with Crippen LogP contribution in [-0.2, 0) is 5.54 Å². The Morgan fingerprint density at radius 3 is 2.12 bits per heavy atom. The molecular weight excluding hydrogens is 272 g/mol. The molecule has 1 unspecified atom stereocenters. The van der Waals surface area contributed by atoms with Crippen LogP contribution in [0.5, 0.6) is 0 Å². The first-order valence-corrected chi connectivity index (χ1v) is 5.66. The third-order valence-electron chi connectivity index (χ3n) is 2.34. The number of benzene rings is 1. The highest BCUT2D eigenvalue weighted by Crippen LogP contribution is 2.41. The fraction of sp³-hybridized carbons (Fsp3) is 0.400. The van der Waals surface area contributed by atoms with E-state index in [0.29, 0.717) is 5.56 Å². The lowest BCUT2D eigenvalue weighted by Crippen LogP contribution is -2.36. The number of halogens is 3. The summed E-state index contributed by atoms with van der Waals surface area (Å²) in [6.07, 6.45) is -0.179. The van der Waals surface area contributed by atoms with Crippen LogP contribution in [0.15, 0.2) is 30.3 Å². The van der Waals surface area contributed by atoms with Crippen molar-refractivity contribution in [1.82, 2.24) is 0 Å². The van der Waals surface area contributed by atoms with Crippen LogP contribution in [0.4, 0.5) is 0 Å². The minimum absolute atomic E-state index is 0.179. The van der Waals surface area contributed by atoms with Gasteiger partial charge < -0.3 is 0 Å². The monoisotopic (exact) mass is 281 g/mol. The summed E-state index contributed by atoms with van der Waals surface area (Å²) in [5.74, 6) is 0. The van der Waals surface area contributed by atoms with Gasteiger partial charge in [0.1, 0.15) is 0 Å². The first-order chi connectivity index (χ1) is 7.26. The van der Waals surface area contributed by atoms with Crippen molar-refractivity contribution >= 4 is 34.8 Å². The van der Waals surface area contributed by atoms with E-state index in [9.17, 15) is 10.1 Å². The van der Waals surface area contributed by atoms with E-state index in [1.165, 1.54) is 6.92 Å². The molecule has 0 amide bonds. The molecule has 0 bridgehead atoms. The van der Waals surface area contributed by atoms with Crippen LogP contribution in [0.25, 0.3) is 0 Å². The Hall–Kier alpha value is -0.510. The standard InChI is InChI=1S/C10H10Cl3NO2/c1-9(14(15)16,7-10(11,12)13)8-5-3-2-4-6-8/h2-6H,7H2,1H3. The van der Waals surface area contributed by atoms with Crippen LogP contribution in [0, 0.1) is 10.1 Å². The molecule has 0 fully saturated rings. The van der Waals surface area contributed by atoms with Crippen molar-refractivity contribution in [3.8, 4) is 0 Å². The molecule has 1 atom stereocenters. The van der Waals surface area contributed by atoms with Crippen molar-refractivity contribution < 1.29 is 4.92 Å². The molecule has 1 aromatic rings. The van der Waals surface area contributed by atoms with Gasteiger partial charge in [-0.25, -0.2) is 0 Å². The van der Waals surface area contributed by atoms with Gasteiger partial charge in [0.15, 0.2) is 3.79 Å². The van der Waals surface area contributed by atoms with Crippen LogP contribution in [0.1, 0.15) is 18.9 Å². The van der Waals surface area contributed by atoms with Gasteiger partial charge in [0, 0.05) is 17.4 Å². The van der Waals surface area contributed by atoms with Crippen LogP contribution in [0.2, 0.25) is 0 Å². The fourth-order valence-electron chi connectivity index (χ4n) is 1.46. The zero-order valence-electron chi connectivity index (χ0n) is 8.49. The highest BCUT2D eigenvalue weighted by molar-refractivity contribution is 6.67. The van der Waals surface area contributed by atoms with Crippen LogP contribution in [0.3, 0.4) is 0 Å². The van der Waals surface area contributed by atoms with Gasteiger partial charge >= 0.3 is 0 Å². The molecule has 0 saturated carbocycles. The van der Waals surface area contributed by atoms with Crippen molar-refractivity contribution in [3.05, 3.63) is 46.0 Å². The van der Waals surface area contributed by atoms with Crippen molar-refractivity contribution in [2.75, 3.05) is 0 Å². The zero-order chi connectivity index (χ0) is 12.4. The number of nitro groups is 1. The molecule has 0 aliphatic rings. The first kappa shape index (κ1) is 13.6. The molecule has 0 aliphatic carbocycles. The van der Waals surface area contributed by atoms with Gasteiger partial charge in [0.2, 0.25) is 5.54 Å². The lowest BCUT2D eigenvalue weighted by molar-refractivity contribution is -0.575. The smallest absolute Gasteiger partial charge is 0.248 e. The van der Waals surface area contributed by atoms with E-state index >= 15 is 0 Å². The molecule has 0 aromatic heterocycles. The number of hydrogen-bond donors (Lipinski definition) is 0. The van der Waals surface area contributed by atoms with E-state index in [0.717, 1.165) is 0 Å². The van der Waals surface area contributed by atoms with E-state index < -0.39 is 14.3 Å². The average molecular weight is 283 g/mol. The van der Waals surface area contributed by atoms with Crippen LogP contribution < -0.4 is 0 Å². The quantitative estimate of drug-likeness (QED) is 0.479. The van der Waals surface area contributed by atoms with E-state index in [2.05, 4.69) is 0 Å². The Morgan fingerprint density at radius 2 is 1.75 bits per heavy atom. The van der Waals surface area contributed by atoms with E-state index in [1.54, 1.807) is 30.3 Å². The fourth-order valence-corrected chi connectivity index (χ4v) is 2.24. The van der Waals surface area contributed by atoms with Crippen LogP contribution >= 0.6 is 34.8 Å². The number of alkyl halides is 3. The number of nitrogens with zero attached hydrogens (tertiary/aromatic N) is 1. The van der Waals surface area contributed by atoms with Crippen molar-refractivity contribution in [1.29, 1.82) is 0 Å². The molecule has 0 radical (unpaired) electrons. The lowest BCUT2D eigenvalue weighted by atomic mass is 9.90. The van der Waals surface area contributed by atoms with Gasteiger partial charge in [0.05, 0.1) is 6.42 Å². The molecule has 3 nitrogen and oxygen atoms in total. The maximum absolute atomic E-state index is 11.1. The zero-order valence-corrected chi connectivity index (χ0v) is 10.8. The van der Waals surface area contributed by atoms with Crippen molar-refractivity contribution in [2.24, 2.45) is 0 Å². The van der Waals surface area contributed by atoms with Crippen molar-refractivity contribution in [2.45, 2.75) is 22.7 Å². The Morgan fingerprint density at radius 1 is 1.25 bits per heavy atom. The van der Waals surface area contributed by atoms with Gasteiger partial charge in [-0.05, 0) is 0 Å². The largest absolute Gasteiger partial charge is 0.264 e. The third kappa shape index (κ3) is 3.24. The second kappa shape index (κ2) is 4.78. The summed E-state index contributed by atoms with van der Waals surface area (Å²) >= 11 is 16.9. The van der Waals surface area contributed by atoms with Crippen molar-refractivity contribution in [3.63, 3.8) is 0 Å². The highest BCUT2D eigenvalue weighted by atomic mass is 35.6. The number of hydrogen-bond acceptors (Lipinski definition) is 2. The second-order valence-electron chi connectivity index (χ2n) is 3.69. The van der Waals surface area contributed by atoms with E-state index in [1.807, 2.05) is 0 Å². The molecule has 0 N–H and O–H groups in total. The summed E-state index contributed by atoms with van der Waals surface area (Å²) in [6.45, 7) is 1.45. The Bertz CT molecular complexity index is 377. The number of rotatable bonds is 3. The lowest BCUT2D eigenvalue weighted by Gasteiger charge is -2.24. The van der Waals surface area contributed by atoms with Gasteiger partial charge in [-0.1, -0.05) is 65.1 Å². The van der Waals surface area contributed by atoms with Crippen LogP contribution in [-0.4, -0.2) is 8.72 Å². The molecule has 0 aliphatic heterocycles. The average Bonchev–Trinajstić information content (AvgIpc) is 2.16. The highest BCUT2D eigenvalue weighted by Gasteiger charge is 2.45. The SMILES string of the molecule is CC(CC(Cl)(Cl)Cl)(c1ccccc1)[N+](=O)[O-]. The topological polar surface area (TPSA) is 43.1 Å². The molecule has 1 aromatic carbocycles. The molecule has 0 saturated heterocycles. The summed E-state index contributed by atoms with van der Waals surface area (Å²) < 4.78 is -1.66. The summed E-state index contributed by atoms with van der Waals surface area (Å²) in [5, 5.41) is 11.1. The summed E-state index contributed by atoms with van der Waals surface area (Å²) in [4.78, 5) is 10.7. The predicted octanol–water partition coefficient (Wildman–Crippen LogP) is 3.94. The van der Waals surface area contributed by atoms with Gasteiger partial charge in [-0.3, -0.25) is 10.1 Å². The second-order valence-corrected chi connectivity index (χ2v) is 6.21. The first-order valence-electron chi connectivity index (χ1n) is 4.52. The molecule has 0 heterocycles. The van der Waals surface area contributed by atoms with Gasteiger partial charge in [-0.2, -0.15) is 0 Å². The molecule has 88 valence electrons. The Balaban J connectivity index is 3.13. The Kier molecular flexibility index (Phi) is 4.05. The molecule has 0 spiro atoms. The van der Waals surface area contributed by atoms with Gasteiger partial charge in [-0.15, -0.1) is 0 Å². The van der Waals surface area contributed by atoms with E-state index in [4.69, 9.17) is 34.8 Å². The molecule has 16 heavy (non-hydrogen) atoms. The molecular formula is C10H10Cl3NO2. The minimum atomic E-state index is -1.66. The van der Waals surface area contributed by atoms with E-state index in [-0.39, 0.29) is 6.42 Å². The summed E-state index contributed by atoms with van der Waals surface area (Å²) in [5.41, 5.74) is -0.877. The Labute approximate surface area is 108 Å². The maximum Gasteiger partial charge on any atom is 0.248 e. The maximum atomic E-state index is 11.1.